The van der Waals surface area contributed by atoms with Crippen molar-refractivity contribution in [2.75, 3.05) is 18.8 Å². The van der Waals surface area contributed by atoms with Gasteiger partial charge in [0.25, 0.3) is 0 Å². The van der Waals surface area contributed by atoms with Gasteiger partial charge in [0.2, 0.25) is 0 Å². The van der Waals surface area contributed by atoms with E-state index in [1.807, 2.05) is 0 Å². The van der Waals surface area contributed by atoms with Crippen LogP contribution < -0.4 is 11.1 Å². The van der Waals surface area contributed by atoms with Crippen molar-refractivity contribution in [3.8, 4) is 0 Å². The van der Waals surface area contributed by atoms with Gasteiger partial charge in [-0.15, -0.1) is 0 Å². The Kier molecular flexibility index (Phi) is 3.68. The van der Waals surface area contributed by atoms with Crippen molar-refractivity contribution in [2.24, 2.45) is 5.92 Å². The van der Waals surface area contributed by atoms with E-state index in [0.717, 1.165) is 25.9 Å². The number of nitrogens with zero attached hydrogens (tertiary/aromatic N) is 4. The van der Waals surface area contributed by atoms with Crippen LogP contribution in [-0.4, -0.2) is 60.6 Å². The Morgan fingerprint density at radius 2 is 2.25 bits per heavy atom. The highest BCUT2D eigenvalue weighted by molar-refractivity contribution is 5.81. The summed E-state index contributed by atoms with van der Waals surface area (Å²) in [4.78, 5) is 12.3. The fraction of sp³-hybridized carbons (Fsp3) is 0.667. The first-order valence-corrected chi connectivity index (χ1v) is 8.26. The molecule has 9 heteroatoms. The molecular weight excluding hydrogens is 312 g/mol. The van der Waals surface area contributed by atoms with E-state index in [-0.39, 0.29) is 11.7 Å². The number of anilines is 1. The van der Waals surface area contributed by atoms with Crippen molar-refractivity contribution in [3.63, 3.8) is 0 Å². The number of hydrogen-bond donors (Lipinski definition) is 4. The van der Waals surface area contributed by atoms with Crippen LogP contribution in [0.1, 0.15) is 26.0 Å². The van der Waals surface area contributed by atoms with E-state index < -0.39 is 24.0 Å². The van der Waals surface area contributed by atoms with Gasteiger partial charge in [-0.05, 0) is 19.4 Å². The first-order valence-electron chi connectivity index (χ1n) is 8.26. The third-order valence-corrected chi connectivity index (χ3v) is 5.03. The quantitative estimate of drug-likeness (QED) is 0.534. The van der Waals surface area contributed by atoms with Crippen LogP contribution >= 0.6 is 0 Å². The first-order chi connectivity index (χ1) is 11.6. The second-order valence-corrected chi connectivity index (χ2v) is 6.59. The van der Waals surface area contributed by atoms with Crippen LogP contribution in [0.15, 0.2) is 12.7 Å². The van der Waals surface area contributed by atoms with E-state index in [1.165, 1.54) is 12.7 Å². The Morgan fingerprint density at radius 3 is 3.04 bits per heavy atom. The molecule has 0 radical (unpaired) electrons. The predicted molar refractivity (Wildman–Crippen MR) is 85.9 cm³/mol. The van der Waals surface area contributed by atoms with E-state index >= 15 is 0 Å². The Bertz CT molecular complexity index is 752. The molecule has 5 atom stereocenters. The number of imidazole rings is 1. The number of nitrogen functional groups attached to an aromatic ring is 1. The fourth-order valence-corrected chi connectivity index (χ4v) is 3.62. The SMILES string of the molecule is CCCNC[C@@H]1C[C@@]12O[C@@H](n1cnc3c(N)ncnc31)C(O)[C@H]2O. The van der Waals surface area contributed by atoms with Crippen molar-refractivity contribution >= 4 is 17.0 Å². The third-order valence-electron chi connectivity index (χ3n) is 5.03. The normalized spacial score (nSPS) is 35.1. The minimum Gasteiger partial charge on any atom is -0.387 e. The molecule has 130 valence electrons. The second-order valence-electron chi connectivity index (χ2n) is 6.59. The largest absolute Gasteiger partial charge is 0.387 e. The standard InChI is InChI=1S/C15H22N6O3/c1-2-3-17-5-8-4-15(8)11(23)10(22)14(24-15)21-7-20-9-12(16)18-6-19-13(9)21/h6-8,10-11,14,17,22-23H,2-5H2,1H3,(H2,16,18,19)/t8-,10?,11+,14+,15+/m0/s1. The number of nitrogens with two attached hydrogens (primary N) is 1. The molecule has 1 unspecified atom stereocenters. The van der Waals surface area contributed by atoms with Gasteiger partial charge in [-0.25, -0.2) is 15.0 Å². The number of nitrogens with one attached hydrogen (secondary N) is 1. The average Bonchev–Trinajstić information content (AvgIpc) is 2.99. The molecule has 0 bridgehead atoms. The summed E-state index contributed by atoms with van der Waals surface area (Å²) in [5, 5.41) is 24.4. The monoisotopic (exact) mass is 334 g/mol. The lowest BCUT2D eigenvalue weighted by molar-refractivity contribution is -0.0530. The molecule has 0 aromatic carbocycles. The Balaban J connectivity index is 1.58. The fourth-order valence-electron chi connectivity index (χ4n) is 3.62. The third kappa shape index (κ3) is 2.20. The molecule has 9 nitrogen and oxygen atoms in total. The molecule has 2 aromatic heterocycles. The summed E-state index contributed by atoms with van der Waals surface area (Å²) in [6.45, 7) is 3.80. The average molecular weight is 334 g/mol. The molecule has 5 N–H and O–H groups in total. The summed E-state index contributed by atoms with van der Waals surface area (Å²) in [6.07, 6.45) is 1.91. The van der Waals surface area contributed by atoms with Crippen LogP contribution in [-0.2, 0) is 4.74 Å². The predicted octanol–water partition coefficient (Wildman–Crippen LogP) is -0.583. The van der Waals surface area contributed by atoms with Crippen LogP contribution in [0, 0.1) is 5.92 Å². The van der Waals surface area contributed by atoms with Gasteiger partial charge in [-0.3, -0.25) is 4.57 Å². The minimum absolute atomic E-state index is 0.188. The summed E-state index contributed by atoms with van der Waals surface area (Å²) in [6, 6.07) is 0. The van der Waals surface area contributed by atoms with Gasteiger partial charge in [-0.2, -0.15) is 0 Å². The molecule has 3 heterocycles. The number of aliphatic hydroxyl groups excluding tert-OH is 2. The Labute approximate surface area is 138 Å². The highest BCUT2D eigenvalue weighted by atomic mass is 16.6. The van der Waals surface area contributed by atoms with Crippen molar-refractivity contribution in [1.29, 1.82) is 0 Å². The van der Waals surface area contributed by atoms with Gasteiger partial charge in [0.05, 0.1) is 6.33 Å². The maximum absolute atomic E-state index is 10.5. The lowest BCUT2D eigenvalue weighted by Crippen LogP contribution is -2.35. The number of rotatable bonds is 5. The van der Waals surface area contributed by atoms with E-state index in [1.54, 1.807) is 4.57 Å². The maximum Gasteiger partial charge on any atom is 0.167 e. The molecule has 0 amide bonds. The number of fused-ring (bicyclic) bond motifs is 1. The summed E-state index contributed by atoms with van der Waals surface area (Å²) in [5.74, 6) is 0.461. The first kappa shape index (κ1) is 15.7. The lowest BCUT2D eigenvalue weighted by Gasteiger charge is -2.16. The van der Waals surface area contributed by atoms with Crippen molar-refractivity contribution in [3.05, 3.63) is 12.7 Å². The Hall–Kier alpha value is -1.81. The Morgan fingerprint density at radius 1 is 1.42 bits per heavy atom. The zero-order chi connectivity index (χ0) is 16.9. The van der Waals surface area contributed by atoms with Crippen molar-refractivity contribution in [1.82, 2.24) is 24.8 Å². The van der Waals surface area contributed by atoms with Crippen LogP contribution in [0.5, 0.6) is 0 Å². The topological polar surface area (TPSA) is 131 Å². The second kappa shape index (κ2) is 5.62. The summed E-state index contributed by atoms with van der Waals surface area (Å²) in [5.41, 5.74) is 6.05. The number of aromatic nitrogens is 4. The van der Waals surface area contributed by atoms with Crippen LogP contribution in [0.3, 0.4) is 0 Å². The minimum atomic E-state index is -1.05. The highest BCUT2D eigenvalue weighted by Gasteiger charge is 2.68. The van der Waals surface area contributed by atoms with Crippen LogP contribution in [0.2, 0.25) is 0 Å². The van der Waals surface area contributed by atoms with E-state index in [2.05, 4.69) is 27.2 Å². The van der Waals surface area contributed by atoms with Crippen molar-refractivity contribution in [2.45, 2.75) is 43.8 Å². The molecule has 24 heavy (non-hydrogen) atoms. The summed E-state index contributed by atoms with van der Waals surface area (Å²) < 4.78 is 7.72. The molecule has 1 aliphatic carbocycles. The van der Waals surface area contributed by atoms with Gasteiger partial charge in [0, 0.05) is 12.5 Å². The molecule has 2 aromatic rings. The van der Waals surface area contributed by atoms with Gasteiger partial charge >= 0.3 is 0 Å². The number of aliphatic hydroxyl groups is 2. The molecule has 1 spiro atoms. The number of ether oxygens (including phenoxy) is 1. The van der Waals surface area contributed by atoms with E-state index in [0.29, 0.717) is 11.2 Å². The van der Waals surface area contributed by atoms with Crippen LogP contribution in [0.25, 0.3) is 11.2 Å². The highest BCUT2D eigenvalue weighted by Crippen LogP contribution is 2.57. The van der Waals surface area contributed by atoms with E-state index in [9.17, 15) is 10.2 Å². The van der Waals surface area contributed by atoms with Gasteiger partial charge in [0.1, 0.15) is 29.7 Å². The van der Waals surface area contributed by atoms with Crippen molar-refractivity contribution < 1.29 is 14.9 Å². The number of hydrogen-bond acceptors (Lipinski definition) is 8. The molecule has 1 aliphatic heterocycles. The maximum atomic E-state index is 10.5. The smallest absolute Gasteiger partial charge is 0.167 e. The van der Waals surface area contributed by atoms with Gasteiger partial charge < -0.3 is 26.0 Å². The van der Waals surface area contributed by atoms with Gasteiger partial charge in [0.15, 0.2) is 17.7 Å². The van der Waals surface area contributed by atoms with E-state index in [4.69, 9.17) is 10.5 Å². The molecule has 4 rings (SSSR count). The van der Waals surface area contributed by atoms with Gasteiger partial charge in [-0.1, -0.05) is 6.92 Å². The molecule has 2 fully saturated rings. The summed E-state index contributed by atoms with van der Waals surface area (Å²) in [7, 11) is 0. The molecule has 1 saturated heterocycles. The van der Waals surface area contributed by atoms with Crippen LogP contribution in [0.4, 0.5) is 5.82 Å². The molecule has 2 aliphatic rings. The molecule has 1 saturated carbocycles. The summed E-state index contributed by atoms with van der Waals surface area (Å²) >= 11 is 0. The lowest BCUT2D eigenvalue weighted by atomic mass is 10.1. The molecular formula is C15H22N6O3. The zero-order valence-corrected chi connectivity index (χ0v) is 13.5. The zero-order valence-electron chi connectivity index (χ0n) is 13.5.